The zero-order chi connectivity index (χ0) is 15.0. The van der Waals surface area contributed by atoms with Crippen LogP contribution in [0.25, 0.3) is 0 Å². The molecule has 6 heteroatoms. The maximum absolute atomic E-state index is 12.5. The third-order valence-electron chi connectivity index (χ3n) is 4.78. The Morgan fingerprint density at radius 2 is 2.19 bits per heavy atom. The number of hydrogen-bond donors (Lipinski definition) is 2. The molecule has 2 fully saturated rings. The SMILES string of the molecule is Cc1n[nH]c(C)c1CC(=O)N1CCC2NC(=O)CCC2C1. The third kappa shape index (κ3) is 2.80. The van der Waals surface area contributed by atoms with Crippen molar-refractivity contribution in [1.82, 2.24) is 20.4 Å². The van der Waals surface area contributed by atoms with Gasteiger partial charge in [0.15, 0.2) is 0 Å². The Morgan fingerprint density at radius 1 is 1.38 bits per heavy atom. The van der Waals surface area contributed by atoms with Crippen molar-refractivity contribution in [3.8, 4) is 0 Å². The van der Waals surface area contributed by atoms with E-state index in [0.717, 1.165) is 42.9 Å². The highest BCUT2D eigenvalue weighted by molar-refractivity contribution is 5.80. The van der Waals surface area contributed by atoms with Crippen LogP contribution >= 0.6 is 0 Å². The van der Waals surface area contributed by atoms with Crippen molar-refractivity contribution in [1.29, 1.82) is 0 Å². The van der Waals surface area contributed by atoms with Gasteiger partial charge < -0.3 is 10.2 Å². The third-order valence-corrected chi connectivity index (χ3v) is 4.78. The number of carbonyl (C=O) groups excluding carboxylic acids is 2. The Balaban J connectivity index is 1.63. The first-order valence-electron chi connectivity index (χ1n) is 7.62. The summed E-state index contributed by atoms with van der Waals surface area (Å²) in [6, 6.07) is 0.257. The Hall–Kier alpha value is -1.85. The van der Waals surface area contributed by atoms with E-state index in [1.165, 1.54) is 0 Å². The van der Waals surface area contributed by atoms with Crippen molar-refractivity contribution >= 4 is 11.8 Å². The van der Waals surface area contributed by atoms with E-state index in [4.69, 9.17) is 0 Å². The van der Waals surface area contributed by atoms with Crippen molar-refractivity contribution in [3.63, 3.8) is 0 Å². The minimum atomic E-state index is 0.153. The smallest absolute Gasteiger partial charge is 0.227 e. The van der Waals surface area contributed by atoms with Gasteiger partial charge in [-0.25, -0.2) is 0 Å². The predicted molar refractivity (Wildman–Crippen MR) is 77.6 cm³/mol. The molecule has 2 aliphatic heterocycles. The largest absolute Gasteiger partial charge is 0.353 e. The van der Waals surface area contributed by atoms with Crippen LogP contribution < -0.4 is 5.32 Å². The molecule has 114 valence electrons. The first-order valence-corrected chi connectivity index (χ1v) is 7.62. The van der Waals surface area contributed by atoms with Crippen molar-refractivity contribution < 1.29 is 9.59 Å². The molecule has 2 saturated heterocycles. The Bertz CT molecular complexity index is 547. The minimum absolute atomic E-state index is 0.153. The summed E-state index contributed by atoms with van der Waals surface area (Å²) >= 11 is 0. The van der Waals surface area contributed by atoms with Crippen LogP contribution in [0.1, 0.15) is 36.2 Å². The average Bonchev–Trinajstić information content (AvgIpc) is 2.78. The summed E-state index contributed by atoms with van der Waals surface area (Å²) in [5.74, 6) is 0.727. The average molecular weight is 290 g/mol. The lowest BCUT2D eigenvalue weighted by Crippen LogP contribution is -2.55. The fraction of sp³-hybridized carbons (Fsp3) is 0.667. The van der Waals surface area contributed by atoms with Gasteiger partial charge in [-0.1, -0.05) is 0 Å². The predicted octanol–water partition coefficient (Wildman–Crippen LogP) is 0.696. The highest BCUT2D eigenvalue weighted by Crippen LogP contribution is 2.26. The summed E-state index contributed by atoms with van der Waals surface area (Å²) < 4.78 is 0. The highest BCUT2D eigenvalue weighted by Gasteiger charge is 2.35. The van der Waals surface area contributed by atoms with Crippen LogP contribution in [-0.2, 0) is 16.0 Å². The van der Waals surface area contributed by atoms with Gasteiger partial charge in [-0.3, -0.25) is 14.7 Å². The quantitative estimate of drug-likeness (QED) is 0.841. The van der Waals surface area contributed by atoms with Crippen molar-refractivity contribution in [2.45, 2.75) is 45.6 Å². The van der Waals surface area contributed by atoms with Gasteiger partial charge in [0.05, 0.1) is 12.1 Å². The molecule has 2 unspecified atom stereocenters. The molecule has 2 N–H and O–H groups in total. The van der Waals surface area contributed by atoms with E-state index in [1.54, 1.807) is 0 Å². The number of aryl methyl sites for hydroxylation is 2. The lowest BCUT2D eigenvalue weighted by atomic mass is 9.85. The topological polar surface area (TPSA) is 78.1 Å². The number of piperidine rings is 2. The number of amides is 2. The normalized spacial score (nSPS) is 25.4. The van der Waals surface area contributed by atoms with E-state index >= 15 is 0 Å². The minimum Gasteiger partial charge on any atom is -0.353 e. The molecular weight excluding hydrogens is 268 g/mol. The summed E-state index contributed by atoms with van der Waals surface area (Å²) in [5, 5.41) is 10.1. The molecule has 6 nitrogen and oxygen atoms in total. The molecular formula is C15H22N4O2. The van der Waals surface area contributed by atoms with Crippen molar-refractivity contribution in [3.05, 3.63) is 17.0 Å². The molecule has 1 aromatic rings. The summed E-state index contributed by atoms with van der Waals surface area (Å²) in [6.07, 6.45) is 2.76. The van der Waals surface area contributed by atoms with Crippen molar-refractivity contribution in [2.24, 2.45) is 5.92 Å². The van der Waals surface area contributed by atoms with Gasteiger partial charge in [-0.15, -0.1) is 0 Å². The van der Waals surface area contributed by atoms with Crippen LogP contribution in [0.2, 0.25) is 0 Å². The Kier molecular flexibility index (Phi) is 3.69. The molecule has 0 aliphatic carbocycles. The molecule has 0 radical (unpaired) electrons. The molecule has 2 aliphatic rings. The molecule has 2 amide bonds. The van der Waals surface area contributed by atoms with Crippen LogP contribution in [-0.4, -0.2) is 46.0 Å². The number of carbonyl (C=O) groups is 2. The van der Waals surface area contributed by atoms with Crippen LogP contribution in [0.4, 0.5) is 0 Å². The monoisotopic (exact) mass is 290 g/mol. The number of H-pyrrole nitrogens is 1. The number of rotatable bonds is 2. The molecule has 0 saturated carbocycles. The highest BCUT2D eigenvalue weighted by atomic mass is 16.2. The lowest BCUT2D eigenvalue weighted by molar-refractivity contribution is -0.134. The fourth-order valence-electron chi connectivity index (χ4n) is 3.43. The zero-order valence-electron chi connectivity index (χ0n) is 12.6. The van der Waals surface area contributed by atoms with Gasteiger partial charge in [0.1, 0.15) is 0 Å². The first kappa shape index (κ1) is 14.1. The van der Waals surface area contributed by atoms with Gasteiger partial charge in [0, 0.05) is 36.8 Å². The van der Waals surface area contributed by atoms with Crippen LogP contribution in [0, 0.1) is 19.8 Å². The van der Waals surface area contributed by atoms with Gasteiger partial charge in [-0.05, 0) is 32.6 Å². The maximum atomic E-state index is 12.5. The van der Waals surface area contributed by atoms with Crippen molar-refractivity contribution in [2.75, 3.05) is 13.1 Å². The molecule has 0 bridgehead atoms. The number of hydrogen-bond acceptors (Lipinski definition) is 3. The summed E-state index contributed by atoms with van der Waals surface area (Å²) in [5.41, 5.74) is 2.89. The maximum Gasteiger partial charge on any atom is 0.227 e. The number of fused-ring (bicyclic) bond motifs is 1. The number of nitrogens with one attached hydrogen (secondary N) is 2. The molecule has 1 aromatic heterocycles. The number of nitrogens with zero attached hydrogens (tertiary/aromatic N) is 2. The molecule has 21 heavy (non-hydrogen) atoms. The van der Waals surface area contributed by atoms with E-state index < -0.39 is 0 Å². The molecule has 3 rings (SSSR count). The van der Waals surface area contributed by atoms with Gasteiger partial charge in [-0.2, -0.15) is 5.10 Å². The first-order chi connectivity index (χ1) is 10.0. The molecule has 3 heterocycles. The number of aromatic amines is 1. The number of likely N-dealkylation sites (tertiary alicyclic amines) is 1. The second-order valence-corrected chi connectivity index (χ2v) is 6.19. The molecule has 2 atom stereocenters. The van der Waals surface area contributed by atoms with Crippen LogP contribution in [0.3, 0.4) is 0 Å². The Labute approximate surface area is 124 Å². The van der Waals surface area contributed by atoms with Gasteiger partial charge in [0.2, 0.25) is 11.8 Å². The molecule has 0 aromatic carbocycles. The van der Waals surface area contributed by atoms with E-state index in [0.29, 0.717) is 18.8 Å². The molecule has 0 spiro atoms. The lowest BCUT2D eigenvalue weighted by Gasteiger charge is -2.41. The zero-order valence-corrected chi connectivity index (χ0v) is 12.6. The summed E-state index contributed by atoms with van der Waals surface area (Å²) in [7, 11) is 0. The fourth-order valence-corrected chi connectivity index (χ4v) is 3.43. The van der Waals surface area contributed by atoms with Gasteiger partial charge >= 0.3 is 0 Å². The van der Waals surface area contributed by atoms with E-state index in [1.807, 2.05) is 18.7 Å². The Morgan fingerprint density at radius 3 is 2.90 bits per heavy atom. The summed E-state index contributed by atoms with van der Waals surface area (Å²) in [6.45, 7) is 5.37. The van der Waals surface area contributed by atoms with E-state index in [-0.39, 0.29) is 17.9 Å². The second-order valence-electron chi connectivity index (χ2n) is 6.19. The van der Waals surface area contributed by atoms with E-state index in [2.05, 4.69) is 15.5 Å². The second kappa shape index (κ2) is 5.50. The number of aromatic nitrogens is 2. The summed E-state index contributed by atoms with van der Waals surface area (Å²) in [4.78, 5) is 25.9. The standard InChI is InChI=1S/C15H22N4O2/c1-9-12(10(2)18-17-9)7-15(21)19-6-5-13-11(8-19)3-4-14(20)16-13/h11,13H,3-8H2,1-2H3,(H,16,20)(H,17,18). The van der Waals surface area contributed by atoms with Gasteiger partial charge in [0.25, 0.3) is 0 Å². The van der Waals surface area contributed by atoms with Crippen LogP contribution in [0.15, 0.2) is 0 Å². The van der Waals surface area contributed by atoms with E-state index in [9.17, 15) is 9.59 Å². The van der Waals surface area contributed by atoms with Crippen LogP contribution in [0.5, 0.6) is 0 Å².